The topological polar surface area (TPSA) is 26.3 Å². The number of furan rings is 2. The molecule has 2 aromatic heterocycles. The molecule has 2 heteroatoms. The molecular weight excluding hydrogens is 1380 g/mol. The van der Waals surface area contributed by atoms with Crippen LogP contribution in [-0.2, 0) is 0 Å². The van der Waals surface area contributed by atoms with Gasteiger partial charge in [0.05, 0.1) is 0 Å². The van der Waals surface area contributed by atoms with Crippen molar-refractivity contribution in [1.82, 2.24) is 0 Å². The molecule has 0 N–H and O–H groups in total. The minimum absolute atomic E-state index is 0.862. The molecule has 21 aromatic carbocycles. The van der Waals surface area contributed by atoms with Crippen LogP contribution in [0.15, 0.2) is 421 Å². The smallest absolute Gasteiger partial charge is 0.143 e. The summed E-state index contributed by atoms with van der Waals surface area (Å²) in [5.74, 6) is 0. The Kier molecular flexibility index (Phi) is 15.0. The first-order valence-corrected chi connectivity index (χ1v) is 39.3. The molecule has 2 nitrogen and oxygen atoms in total. The van der Waals surface area contributed by atoms with Crippen molar-refractivity contribution in [3.05, 3.63) is 413 Å². The van der Waals surface area contributed by atoms with Crippen LogP contribution in [0.3, 0.4) is 0 Å². The summed E-state index contributed by atoms with van der Waals surface area (Å²) >= 11 is 0. The van der Waals surface area contributed by atoms with Gasteiger partial charge < -0.3 is 8.83 Å². The van der Waals surface area contributed by atoms with Gasteiger partial charge in [-0.3, -0.25) is 0 Å². The van der Waals surface area contributed by atoms with Gasteiger partial charge in [0.15, 0.2) is 0 Å². The zero-order valence-electron chi connectivity index (χ0n) is 62.1. The third-order valence-corrected chi connectivity index (χ3v) is 24.0. The van der Waals surface area contributed by atoms with Crippen molar-refractivity contribution in [3.8, 4) is 122 Å². The van der Waals surface area contributed by atoms with Crippen molar-refractivity contribution in [1.29, 1.82) is 0 Å². The molecule has 0 aliphatic rings. The van der Waals surface area contributed by atoms with Gasteiger partial charge >= 0.3 is 0 Å². The number of para-hydroxylation sites is 1. The normalized spacial score (nSPS) is 11.9. The first kappa shape index (κ1) is 65.0. The van der Waals surface area contributed by atoms with Gasteiger partial charge in [-0.05, 0) is 253 Å². The third kappa shape index (κ3) is 10.6. The van der Waals surface area contributed by atoms with Gasteiger partial charge in [-0.25, -0.2) is 0 Å². The second-order valence-corrected chi connectivity index (χ2v) is 30.3. The molecule has 0 aliphatic carbocycles. The molecule has 23 aromatic rings. The van der Waals surface area contributed by atoms with Gasteiger partial charge in [-0.2, -0.15) is 0 Å². The quantitative estimate of drug-likeness (QED) is 0.121. The molecule has 0 fully saturated rings. The number of fused-ring (bicyclic) bond motifs is 13. The fourth-order valence-corrected chi connectivity index (χ4v) is 18.8. The lowest BCUT2D eigenvalue weighted by atomic mass is 9.83. The molecule has 23 rings (SSSR count). The third-order valence-electron chi connectivity index (χ3n) is 24.0. The fourth-order valence-electron chi connectivity index (χ4n) is 18.8. The van der Waals surface area contributed by atoms with E-state index in [1.54, 1.807) is 0 Å². The molecular formula is C112H68O2. The summed E-state index contributed by atoms with van der Waals surface area (Å²) < 4.78 is 13.7. The molecule has 0 aliphatic heterocycles. The maximum absolute atomic E-state index is 6.94. The molecule has 0 unspecified atom stereocenters. The molecule has 2 heterocycles. The van der Waals surface area contributed by atoms with Crippen LogP contribution in [0.2, 0.25) is 0 Å². The molecule has 0 saturated heterocycles. The average molecular weight is 1450 g/mol. The van der Waals surface area contributed by atoms with Gasteiger partial charge in [0, 0.05) is 27.1 Å². The maximum Gasteiger partial charge on any atom is 0.143 e. The highest BCUT2D eigenvalue weighted by atomic mass is 16.3. The summed E-state index contributed by atoms with van der Waals surface area (Å²) in [6, 6.07) is 152. The highest BCUT2D eigenvalue weighted by Crippen LogP contribution is 2.52. The Morgan fingerprint density at radius 2 is 0.412 bits per heavy atom. The van der Waals surface area contributed by atoms with E-state index in [0.29, 0.717) is 0 Å². The van der Waals surface area contributed by atoms with Gasteiger partial charge in [0.25, 0.3) is 0 Å². The summed E-state index contributed by atoms with van der Waals surface area (Å²) in [4.78, 5) is 0. The Bertz CT molecular complexity index is 7760. The molecule has 114 heavy (non-hydrogen) atoms. The van der Waals surface area contributed by atoms with Gasteiger partial charge in [-0.1, -0.05) is 352 Å². The van der Waals surface area contributed by atoms with E-state index < -0.39 is 0 Å². The number of rotatable bonds is 11. The first-order chi connectivity index (χ1) is 56.5. The second kappa shape index (κ2) is 26.4. The molecule has 0 spiro atoms. The van der Waals surface area contributed by atoms with Crippen molar-refractivity contribution in [3.63, 3.8) is 0 Å². The van der Waals surface area contributed by atoms with Crippen LogP contribution in [-0.4, -0.2) is 0 Å². The summed E-state index contributed by atoms with van der Waals surface area (Å²) in [6.07, 6.45) is 0. The van der Waals surface area contributed by atoms with E-state index in [1.165, 1.54) is 148 Å². The fraction of sp³-hybridized carbons (Fsp3) is 0. The van der Waals surface area contributed by atoms with E-state index >= 15 is 0 Å². The molecule has 0 bridgehead atoms. The zero-order valence-corrected chi connectivity index (χ0v) is 62.1. The lowest BCUT2D eigenvalue weighted by Gasteiger charge is -2.19. The zero-order chi connectivity index (χ0) is 74.9. The standard InChI is InChI=1S/C112H68O2/c1-4-24-69(25-5-1)74-30-22-31-81(64-74)110-92-39-17-14-36-89(92)107(97-58-54-78(66-102(97)110)79-55-59-103-100(65-79)101-68-83(56-60-104(101)113-103)108-90-37-15-12-34-87(90)106(72-28-8-3-9-29-72)88-35-13-16-38-91(88)108)73-48-46-70(47-49-73)75-50-51-77-63-80(53-52-76(77)62-75)85-44-23-45-98-99-67-82(57-61-105(99)114-112(85)98)109-93-40-18-20-42-95(93)111(96-43-21-19-41-94(96)109)86-33-11-10-32-84(86)71-26-6-2-7-27-71/h1-68H. The van der Waals surface area contributed by atoms with Crippen molar-refractivity contribution >= 4 is 119 Å². The van der Waals surface area contributed by atoms with E-state index in [9.17, 15) is 0 Å². The predicted molar refractivity (Wildman–Crippen MR) is 483 cm³/mol. The van der Waals surface area contributed by atoms with Gasteiger partial charge in [-0.15, -0.1) is 0 Å². The van der Waals surface area contributed by atoms with Crippen LogP contribution < -0.4 is 0 Å². The van der Waals surface area contributed by atoms with Crippen LogP contribution in [0.1, 0.15) is 0 Å². The number of hydrogen-bond donors (Lipinski definition) is 0. The minimum Gasteiger partial charge on any atom is -0.456 e. The lowest BCUT2D eigenvalue weighted by Crippen LogP contribution is -1.92. The van der Waals surface area contributed by atoms with E-state index in [4.69, 9.17) is 8.83 Å². The van der Waals surface area contributed by atoms with Crippen molar-refractivity contribution in [2.75, 3.05) is 0 Å². The van der Waals surface area contributed by atoms with E-state index in [-0.39, 0.29) is 0 Å². The Labute approximate surface area is 658 Å². The van der Waals surface area contributed by atoms with Gasteiger partial charge in [0.1, 0.15) is 22.3 Å². The molecule has 0 radical (unpaired) electrons. The van der Waals surface area contributed by atoms with Crippen molar-refractivity contribution in [2.45, 2.75) is 0 Å². The van der Waals surface area contributed by atoms with Crippen molar-refractivity contribution < 1.29 is 8.83 Å². The van der Waals surface area contributed by atoms with Crippen LogP contribution in [0.25, 0.3) is 242 Å². The summed E-state index contributed by atoms with van der Waals surface area (Å²) in [5, 5.41) is 21.3. The maximum atomic E-state index is 6.94. The summed E-state index contributed by atoms with van der Waals surface area (Å²) in [5.41, 5.74) is 29.5. The van der Waals surface area contributed by atoms with Crippen molar-refractivity contribution in [2.24, 2.45) is 0 Å². The Hall–Kier alpha value is -15.0. The number of benzene rings is 21. The van der Waals surface area contributed by atoms with Crippen LogP contribution >= 0.6 is 0 Å². The Balaban J connectivity index is 0.599. The monoisotopic (exact) mass is 1440 g/mol. The molecule has 528 valence electrons. The summed E-state index contributed by atoms with van der Waals surface area (Å²) in [7, 11) is 0. The van der Waals surface area contributed by atoms with E-state index in [1.807, 2.05) is 0 Å². The van der Waals surface area contributed by atoms with Crippen LogP contribution in [0.4, 0.5) is 0 Å². The van der Waals surface area contributed by atoms with E-state index in [2.05, 4.69) is 413 Å². The Morgan fingerprint density at radius 3 is 0.965 bits per heavy atom. The second-order valence-electron chi connectivity index (χ2n) is 30.3. The molecule has 0 amide bonds. The Morgan fingerprint density at radius 1 is 0.123 bits per heavy atom. The largest absolute Gasteiger partial charge is 0.456 e. The molecule has 0 saturated carbocycles. The average Bonchev–Trinajstić information content (AvgIpc) is 1.16. The summed E-state index contributed by atoms with van der Waals surface area (Å²) in [6.45, 7) is 0. The van der Waals surface area contributed by atoms with E-state index in [0.717, 1.165) is 93.9 Å². The lowest BCUT2D eigenvalue weighted by molar-refractivity contribution is 0.669. The minimum atomic E-state index is 0.862. The molecule has 0 atom stereocenters. The van der Waals surface area contributed by atoms with Crippen LogP contribution in [0, 0.1) is 0 Å². The number of hydrogen-bond acceptors (Lipinski definition) is 2. The highest BCUT2D eigenvalue weighted by molar-refractivity contribution is 6.26. The predicted octanol–water partition coefficient (Wildman–Crippen LogP) is 31.9. The first-order valence-electron chi connectivity index (χ1n) is 39.3. The highest BCUT2D eigenvalue weighted by Gasteiger charge is 2.25. The van der Waals surface area contributed by atoms with Gasteiger partial charge in [0.2, 0.25) is 0 Å². The SMILES string of the molecule is c1ccc(-c2cccc(-c3c4ccccc4c(-c4ccc(-c5ccc6cc(-c7cccc8c7oc7ccc(-c9c%10ccccc%10c(-c%10ccccc%10-c%10ccccc%10)c%10ccccc9%10)cc78)ccc6c5)cc4)c4ccc(-c5ccc6oc7ccc(-c8c9ccccc9c(-c9ccccc9)c9ccccc89)cc7c6c5)cc34)c2)cc1. The van der Waals surface area contributed by atoms with Crippen LogP contribution in [0.5, 0.6) is 0 Å².